The summed E-state index contributed by atoms with van der Waals surface area (Å²) in [5.41, 5.74) is 0. The molecule has 0 bridgehead atoms. The first-order valence-electron chi connectivity index (χ1n) is 11.1. The highest BCUT2D eigenvalue weighted by Gasteiger charge is 2.09. The van der Waals surface area contributed by atoms with Crippen LogP contribution in [0.4, 0.5) is 0 Å². The maximum absolute atomic E-state index is 11.5. The number of carbonyl (C=O) groups is 1. The normalized spacial score (nSPS) is 12.5. The molecule has 0 rings (SSSR count). The number of nitrogens with zero attached hydrogens (tertiary/aromatic N) is 1. The lowest BCUT2D eigenvalue weighted by atomic mass is 10.0. The molecule has 1 atom stereocenters. The van der Waals surface area contributed by atoms with Gasteiger partial charge in [-0.15, -0.1) is 0 Å². The van der Waals surface area contributed by atoms with Gasteiger partial charge in [-0.2, -0.15) is 4.89 Å². The Labute approximate surface area is 162 Å². The fraction of sp³-hybridized carbons (Fsp3) is 0.955. The molecular formula is C22H45NO3. The van der Waals surface area contributed by atoms with Gasteiger partial charge in [0.15, 0.2) is 6.23 Å². The molecule has 0 aliphatic carbocycles. The minimum absolute atomic E-state index is 0.208. The smallest absolute Gasteiger partial charge is 0.297 e. The first-order chi connectivity index (χ1) is 12.6. The van der Waals surface area contributed by atoms with E-state index in [4.69, 9.17) is 9.78 Å². The van der Waals surface area contributed by atoms with E-state index >= 15 is 0 Å². The standard InChI is InChI=1S/C22H45NO3/c1-5-6-7-8-9-10-11-12-13-14-15-16-17-18-19-20-22(24)26-25-21(2)23(3)4/h21H,5-20H2,1-4H3. The molecule has 4 nitrogen and oxygen atoms in total. The molecule has 0 radical (unpaired) electrons. The van der Waals surface area contributed by atoms with Crippen molar-refractivity contribution < 1.29 is 14.6 Å². The van der Waals surface area contributed by atoms with Crippen molar-refractivity contribution in [1.82, 2.24) is 4.90 Å². The molecule has 0 aliphatic rings. The lowest BCUT2D eigenvalue weighted by Crippen LogP contribution is -2.28. The van der Waals surface area contributed by atoms with E-state index in [9.17, 15) is 4.79 Å². The number of hydrogen-bond acceptors (Lipinski definition) is 4. The fourth-order valence-electron chi connectivity index (χ4n) is 2.89. The largest absolute Gasteiger partial charge is 0.342 e. The van der Waals surface area contributed by atoms with Crippen LogP contribution in [0.2, 0.25) is 0 Å². The van der Waals surface area contributed by atoms with Crippen molar-refractivity contribution in [1.29, 1.82) is 0 Å². The highest BCUT2D eigenvalue weighted by molar-refractivity contribution is 5.68. The molecule has 4 heteroatoms. The lowest BCUT2D eigenvalue weighted by Gasteiger charge is -2.17. The van der Waals surface area contributed by atoms with Gasteiger partial charge in [0.05, 0.1) is 0 Å². The Morgan fingerprint density at radius 2 is 1.12 bits per heavy atom. The average molecular weight is 372 g/mol. The fourth-order valence-corrected chi connectivity index (χ4v) is 2.89. The van der Waals surface area contributed by atoms with Crippen LogP contribution in [0.3, 0.4) is 0 Å². The average Bonchev–Trinajstić information content (AvgIpc) is 2.62. The molecule has 0 saturated heterocycles. The van der Waals surface area contributed by atoms with E-state index in [-0.39, 0.29) is 12.2 Å². The Kier molecular flexibility index (Phi) is 18.7. The minimum Gasteiger partial charge on any atom is -0.297 e. The van der Waals surface area contributed by atoms with E-state index in [1.807, 2.05) is 25.9 Å². The first-order valence-corrected chi connectivity index (χ1v) is 11.1. The van der Waals surface area contributed by atoms with Gasteiger partial charge in [-0.25, -0.2) is 4.79 Å². The lowest BCUT2D eigenvalue weighted by molar-refractivity contribution is -0.316. The quantitative estimate of drug-likeness (QED) is 0.110. The van der Waals surface area contributed by atoms with Crippen LogP contribution in [0.15, 0.2) is 0 Å². The summed E-state index contributed by atoms with van der Waals surface area (Å²) in [7, 11) is 3.76. The Bertz CT molecular complexity index is 308. The van der Waals surface area contributed by atoms with Crippen LogP contribution in [0, 0.1) is 0 Å². The van der Waals surface area contributed by atoms with Gasteiger partial charge in [0.1, 0.15) is 0 Å². The third-order valence-electron chi connectivity index (χ3n) is 4.99. The van der Waals surface area contributed by atoms with Gasteiger partial charge in [0, 0.05) is 6.42 Å². The van der Waals surface area contributed by atoms with Gasteiger partial charge in [-0.05, 0) is 27.4 Å². The maximum Gasteiger partial charge on any atom is 0.342 e. The Balaban J connectivity index is 3.18. The monoisotopic (exact) mass is 371 g/mol. The highest BCUT2D eigenvalue weighted by atomic mass is 17.2. The Morgan fingerprint density at radius 1 is 0.731 bits per heavy atom. The number of carbonyl (C=O) groups excluding carboxylic acids is 1. The highest BCUT2D eigenvalue weighted by Crippen LogP contribution is 2.13. The molecule has 0 heterocycles. The molecule has 26 heavy (non-hydrogen) atoms. The molecule has 0 amide bonds. The van der Waals surface area contributed by atoms with Crippen LogP contribution in [0.1, 0.15) is 117 Å². The third-order valence-corrected chi connectivity index (χ3v) is 4.99. The molecule has 1 unspecified atom stereocenters. The molecule has 0 aliphatic heterocycles. The van der Waals surface area contributed by atoms with Crippen LogP contribution in [-0.4, -0.2) is 31.2 Å². The maximum atomic E-state index is 11.5. The van der Waals surface area contributed by atoms with Gasteiger partial charge in [0.25, 0.3) is 0 Å². The summed E-state index contributed by atoms with van der Waals surface area (Å²) >= 11 is 0. The summed E-state index contributed by atoms with van der Waals surface area (Å²) in [5.74, 6) is -0.256. The Hall–Kier alpha value is -0.610. The van der Waals surface area contributed by atoms with Crippen molar-refractivity contribution in [3.05, 3.63) is 0 Å². The second kappa shape index (κ2) is 19.2. The summed E-state index contributed by atoms with van der Waals surface area (Å²) in [4.78, 5) is 23.2. The van der Waals surface area contributed by atoms with Gasteiger partial charge >= 0.3 is 5.97 Å². The Morgan fingerprint density at radius 3 is 1.50 bits per heavy atom. The molecule has 0 fully saturated rings. The van der Waals surface area contributed by atoms with Gasteiger partial charge in [-0.3, -0.25) is 9.79 Å². The van der Waals surface area contributed by atoms with E-state index in [1.54, 1.807) is 0 Å². The van der Waals surface area contributed by atoms with E-state index in [0.717, 1.165) is 12.8 Å². The van der Waals surface area contributed by atoms with E-state index < -0.39 is 0 Å². The molecule has 0 saturated carbocycles. The van der Waals surface area contributed by atoms with Crippen molar-refractivity contribution in [2.45, 2.75) is 123 Å². The number of hydrogen-bond donors (Lipinski definition) is 0. The summed E-state index contributed by atoms with van der Waals surface area (Å²) in [6, 6.07) is 0. The molecule has 0 aromatic heterocycles. The van der Waals surface area contributed by atoms with Crippen molar-refractivity contribution >= 4 is 5.97 Å². The molecule has 0 N–H and O–H groups in total. The van der Waals surface area contributed by atoms with E-state index in [0.29, 0.717) is 6.42 Å². The first kappa shape index (κ1) is 25.4. The van der Waals surface area contributed by atoms with Crippen LogP contribution >= 0.6 is 0 Å². The van der Waals surface area contributed by atoms with Gasteiger partial charge < -0.3 is 0 Å². The summed E-state index contributed by atoms with van der Waals surface area (Å²) in [5, 5.41) is 0. The van der Waals surface area contributed by atoms with Crippen LogP contribution in [0.25, 0.3) is 0 Å². The van der Waals surface area contributed by atoms with Crippen LogP contribution < -0.4 is 0 Å². The van der Waals surface area contributed by atoms with Crippen molar-refractivity contribution in [2.75, 3.05) is 14.1 Å². The molecule has 0 spiro atoms. The van der Waals surface area contributed by atoms with Crippen LogP contribution in [-0.2, 0) is 14.6 Å². The predicted octanol–water partition coefficient (Wildman–Crippen LogP) is 6.63. The summed E-state index contributed by atoms with van der Waals surface area (Å²) in [6.45, 7) is 4.12. The van der Waals surface area contributed by atoms with Gasteiger partial charge in [-0.1, -0.05) is 96.8 Å². The number of unbranched alkanes of at least 4 members (excludes halogenated alkanes) is 14. The molecule has 0 aromatic rings. The predicted molar refractivity (Wildman–Crippen MR) is 110 cm³/mol. The van der Waals surface area contributed by atoms with Gasteiger partial charge in [0.2, 0.25) is 0 Å². The van der Waals surface area contributed by atoms with E-state index in [2.05, 4.69) is 6.92 Å². The molecule has 156 valence electrons. The topological polar surface area (TPSA) is 38.8 Å². The zero-order valence-electron chi connectivity index (χ0n) is 18.1. The minimum atomic E-state index is -0.256. The molecular weight excluding hydrogens is 326 g/mol. The molecule has 0 aromatic carbocycles. The van der Waals surface area contributed by atoms with Crippen molar-refractivity contribution in [3.8, 4) is 0 Å². The summed E-state index contributed by atoms with van der Waals surface area (Å²) < 4.78 is 0. The van der Waals surface area contributed by atoms with Crippen molar-refractivity contribution in [3.63, 3.8) is 0 Å². The van der Waals surface area contributed by atoms with Crippen LogP contribution in [0.5, 0.6) is 0 Å². The third kappa shape index (κ3) is 18.2. The second-order valence-corrected chi connectivity index (χ2v) is 7.81. The van der Waals surface area contributed by atoms with E-state index in [1.165, 1.54) is 83.5 Å². The second-order valence-electron chi connectivity index (χ2n) is 7.81. The van der Waals surface area contributed by atoms with Crippen molar-refractivity contribution in [2.24, 2.45) is 0 Å². The zero-order valence-corrected chi connectivity index (χ0v) is 18.1. The number of rotatable bonds is 19. The SMILES string of the molecule is CCCCCCCCCCCCCCCCCC(=O)OOC(C)N(C)C. The summed E-state index contributed by atoms with van der Waals surface area (Å²) in [6.07, 6.45) is 20.2. The zero-order chi connectivity index (χ0) is 19.5.